The van der Waals surface area contributed by atoms with Gasteiger partial charge in [0.25, 0.3) is 5.91 Å². The number of methoxy groups -OCH3 is 1. The average Bonchev–Trinajstić information content (AvgIpc) is 2.76. The van der Waals surface area contributed by atoms with Crippen molar-refractivity contribution in [3.63, 3.8) is 0 Å². The smallest absolute Gasteiger partial charge is 0.310 e. The topological polar surface area (TPSA) is 77.4 Å². The Morgan fingerprint density at radius 1 is 1.22 bits per heavy atom. The van der Waals surface area contributed by atoms with Gasteiger partial charge in [0.15, 0.2) is 5.78 Å². The third kappa shape index (κ3) is 4.00. The van der Waals surface area contributed by atoms with Gasteiger partial charge in [0.05, 0.1) is 13.0 Å². The van der Waals surface area contributed by atoms with E-state index in [1.165, 1.54) is 14.0 Å². The summed E-state index contributed by atoms with van der Waals surface area (Å²) in [7, 11) is 3.11. The number of Topliss-reactive ketones (excluding diaryl/α,β-unsaturated/α-hetero) is 1. The molecule has 1 saturated carbocycles. The Kier molecular flexibility index (Phi) is 5.58. The van der Waals surface area contributed by atoms with Crippen LogP contribution in [-0.2, 0) is 16.6 Å². The highest BCUT2D eigenvalue weighted by atomic mass is 16.5. The number of aryl methyl sites for hydroxylation is 1. The van der Waals surface area contributed by atoms with Gasteiger partial charge in [-0.05, 0) is 25.8 Å². The molecule has 1 aromatic heterocycles. The molecular weight excluding hydrogens is 296 g/mol. The Labute approximate surface area is 136 Å². The van der Waals surface area contributed by atoms with Crippen LogP contribution >= 0.6 is 0 Å². The number of ether oxygens (including phenoxy) is 1. The van der Waals surface area contributed by atoms with E-state index in [2.05, 4.69) is 5.32 Å². The van der Waals surface area contributed by atoms with E-state index in [1.54, 1.807) is 23.9 Å². The van der Waals surface area contributed by atoms with E-state index in [9.17, 15) is 14.4 Å². The zero-order valence-corrected chi connectivity index (χ0v) is 13.9. The molecule has 0 spiro atoms. The van der Waals surface area contributed by atoms with Crippen molar-refractivity contribution >= 4 is 17.7 Å². The maximum Gasteiger partial charge on any atom is 0.310 e. The highest BCUT2D eigenvalue weighted by Gasteiger charge is 2.32. The van der Waals surface area contributed by atoms with Crippen LogP contribution < -0.4 is 5.32 Å². The summed E-state index contributed by atoms with van der Waals surface area (Å²) in [5.41, 5.74) is 0.922. The van der Waals surface area contributed by atoms with Crippen LogP contribution in [0.1, 0.15) is 59.9 Å². The van der Waals surface area contributed by atoms with Gasteiger partial charge in [-0.15, -0.1) is 0 Å². The number of ketones is 1. The van der Waals surface area contributed by atoms with Crippen LogP contribution in [0.3, 0.4) is 0 Å². The molecule has 1 aliphatic carbocycles. The van der Waals surface area contributed by atoms with Gasteiger partial charge in [0, 0.05) is 24.8 Å². The Bertz CT molecular complexity index is 606. The van der Waals surface area contributed by atoms with Crippen LogP contribution in [0.25, 0.3) is 0 Å². The number of aromatic nitrogens is 1. The second-order valence-corrected chi connectivity index (χ2v) is 6.13. The van der Waals surface area contributed by atoms with E-state index in [4.69, 9.17) is 4.74 Å². The van der Waals surface area contributed by atoms with Crippen LogP contribution in [0.2, 0.25) is 0 Å². The summed E-state index contributed by atoms with van der Waals surface area (Å²) < 4.78 is 6.52. The summed E-state index contributed by atoms with van der Waals surface area (Å²) in [6, 6.07) is 1.36. The van der Waals surface area contributed by atoms with Gasteiger partial charge in [-0.2, -0.15) is 0 Å². The number of rotatable bonds is 4. The van der Waals surface area contributed by atoms with Gasteiger partial charge in [0.1, 0.15) is 5.69 Å². The van der Waals surface area contributed by atoms with Crippen LogP contribution in [0, 0.1) is 5.92 Å². The number of carbonyl (C=O) groups is 3. The first-order valence-electron chi connectivity index (χ1n) is 8.00. The van der Waals surface area contributed by atoms with Crippen LogP contribution in [0.5, 0.6) is 0 Å². The monoisotopic (exact) mass is 320 g/mol. The SMILES string of the molecule is COC(=O)[C@@H]1CCCCC[C@H]1NC(=O)c1cc(C(C)=O)cn1C. The van der Waals surface area contributed by atoms with Gasteiger partial charge >= 0.3 is 5.97 Å². The molecule has 0 aromatic carbocycles. The Hall–Kier alpha value is -2.11. The standard InChI is InChI=1S/C17H24N2O4/c1-11(20)12-9-15(19(2)10-12)16(21)18-14-8-6-4-5-7-13(14)17(22)23-3/h9-10,13-14H,4-8H2,1-3H3,(H,18,21)/t13-,14-/m1/s1. The summed E-state index contributed by atoms with van der Waals surface area (Å²) >= 11 is 0. The van der Waals surface area contributed by atoms with Crippen molar-refractivity contribution in [2.75, 3.05) is 7.11 Å². The predicted octanol–water partition coefficient (Wildman–Crippen LogP) is 2.08. The molecule has 2 atom stereocenters. The molecule has 1 aliphatic rings. The first-order valence-corrected chi connectivity index (χ1v) is 8.00. The summed E-state index contributed by atoms with van der Waals surface area (Å²) in [5, 5.41) is 2.96. The Morgan fingerprint density at radius 3 is 2.52 bits per heavy atom. The van der Waals surface area contributed by atoms with Crippen molar-refractivity contribution < 1.29 is 19.1 Å². The largest absolute Gasteiger partial charge is 0.469 e. The van der Waals surface area contributed by atoms with E-state index in [-0.39, 0.29) is 29.6 Å². The maximum absolute atomic E-state index is 12.5. The molecule has 1 N–H and O–H groups in total. The summed E-state index contributed by atoms with van der Waals surface area (Å²) in [6.07, 6.45) is 6.12. The molecule has 0 saturated heterocycles. The molecule has 0 bridgehead atoms. The average molecular weight is 320 g/mol. The molecule has 23 heavy (non-hydrogen) atoms. The zero-order chi connectivity index (χ0) is 17.0. The number of hydrogen-bond donors (Lipinski definition) is 1. The van der Waals surface area contributed by atoms with Crippen LogP contribution in [-0.4, -0.2) is 35.4 Å². The van der Waals surface area contributed by atoms with Crippen molar-refractivity contribution in [3.05, 3.63) is 23.5 Å². The molecule has 1 aromatic rings. The van der Waals surface area contributed by atoms with E-state index >= 15 is 0 Å². The lowest BCUT2D eigenvalue weighted by molar-refractivity contribution is -0.146. The third-order valence-corrected chi connectivity index (χ3v) is 4.48. The van der Waals surface area contributed by atoms with Crippen molar-refractivity contribution in [1.29, 1.82) is 0 Å². The molecule has 0 aliphatic heterocycles. The number of nitrogens with one attached hydrogen (secondary N) is 1. The second-order valence-electron chi connectivity index (χ2n) is 6.13. The minimum absolute atomic E-state index is 0.0819. The Morgan fingerprint density at radius 2 is 1.91 bits per heavy atom. The molecule has 0 radical (unpaired) electrons. The molecule has 6 heteroatoms. The number of esters is 1. The maximum atomic E-state index is 12.5. The van der Waals surface area contributed by atoms with E-state index in [0.29, 0.717) is 11.3 Å². The van der Waals surface area contributed by atoms with Crippen molar-refractivity contribution in [2.45, 2.75) is 45.1 Å². The van der Waals surface area contributed by atoms with E-state index in [0.717, 1.165) is 32.1 Å². The molecular formula is C17H24N2O4. The van der Waals surface area contributed by atoms with E-state index < -0.39 is 0 Å². The molecule has 6 nitrogen and oxygen atoms in total. The molecule has 1 amide bonds. The highest BCUT2D eigenvalue weighted by molar-refractivity contribution is 5.99. The first-order chi connectivity index (χ1) is 10.9. The highest BCUT2D eigenvalue weighted by Crippen LogP contribution is 2.25. The molecule has 1 fully saturated rings. The van der Waals surface area contributed by atoms with Gasteiger partial charge in [-0.1, -0.05) is 19.3 Å². The third-order valence-electron chi connectivity index (χ3n) is 4.48. The normalized spacial score (nSPS) is 21.3. The fourth-order valence-corrected chi connectivity index (χ4v) is 3.14. The van der Waals surface area contributed by atoms with Gasteiger partial charge in [0.2, 0.25) is 0 Å². The van der Waals surface area contributed by atoms with Crippen LogP contribution in [0.15, 0.2) is 12.3 Å². The summed E-state index contributed by atoms with van der Waals surface area (Å²) in [6.45, 7) is 1.47. The van der Waals surface area contributed by atoms with Crippen LogP contribution in [0.4, 0.5) is 0 Å². The minimum atomic E-state index is -0.306. The van der Waals surface area contributed by atoms with Gasteiger partial charge < -0.3 is 14.6 Å². The lowest BCUT2D eigenvalue weighted by Crippen LogP contribution is -2.43. The van der Waals surface area contributed by atoms with Gasteiger partial charge in [-0.3, -0.25) is 14.4 Å². The Balaban J connectivity index is 2.16. The summed E-state index contributed by atoms with van der Waals surface area (Å²) in [5.74, 6) is -0.921. The quantitative estimate of drug-likeness (QED) is 0.523. The lowest BCUT2D eigenvalue weighted by atomic mass is 9.94. The molecule has 2 rings (SSSR count). The fraction of sp³-hybridized carbons (Fsp3) is 0.588. The minimum Gasteiger partial charge on any atom is -0.469 e. The van der Waals surface area contributed by atoms with Gasteiger partial charge in [-0.25, -0.2) is 0 Å². The number of carbonyl (C=O) groups excluding carboxylic acids is 3. The number of hydrogen-bond acceptors (Lipinski definition) is 4. The lowest BCUT2D eigenvalue weighted by Gasteiger charge is -2.24. The molecule has 1 heterocycles. The fourth-order valence-electron chi connectivity index (χ4n) is 3.14. The number of nitrogens with zero attached hydrogens (tertiary/aromatic N) is 1. The first kappa shape index (κ1) is 17.2. The van der Waals surface area contributed by atoms with E-state index in [1.807, 2.05) is 0 Å². The summed E-state index contributed by atoms with van der Waals surface area (Å²) in [4.78, 5) is 36.0. The molecule has 0 unspecified atom stereocenters. The molecule has 126 valence electrons. The van der Waals surface area contributed by atoms with Crippen molar-refractivity contribution in [3.8, 4) is 0 Å². The number of amides is 1. The van der Waals surface area contributed by atoms with Crippen molar-refractivity contribution in [1.82, 2.24) is 9.88 Å². The predicted molar refractivity (Wildman–Crippen MR) is 85.3 cm³/mol. The second kappa shape index (κ2) is 7.44. The zero-order valence-electron chi connectivity index (χ0n) is 13.9. The van der Waals surface area contributed by atoms with Crippen molar-refractivity contribution in [2.24, 2.45) is 13.0 Å².